The summed E-state index contributed by atoms with van der Waals surface area (Å²) in [5.41, 5.74) is 0. The molecule has 0 saturated carbocycles. The number of alkyl halides is 3. The summed E-state index contributed by atoms with van der Waals surface area (Å²) in [6, 6.07) is 0.531. The van der Waals surface area contributed by atoms with Crippen molar-refractivity contribution >= 4 is 0 Å². The van der Waals surface area contributed by atoms with Crippen LogP contribution < -0.4 is 5.32 Å². The summed E-state index contributed by atoms with van der Waals surface area (Å²) in [4.78, 5) is 2.24. The molecule has 0 radical (unpaired) electrons. The molecular weight excluding hydrogens is 233 g/mol. The fraction of sp³-hybridized carbons (Fsp3) is 1.00. The fourth-order valence-electron chi connectivity index (χ4n) is 1.23. The SMILES string of the molecule is CC(C)N(C)CCCCNCCOC(F)(F)F. The van der Waals surface area contributed by atoms with Crippen molar-refractivity contribution in [3.63, 3.8) is 0 Å². The Balaban J connectivity index is 3.19. The van der Waals surface area contributed by atoms with Crippen molar-refractivity contribution < 1.29 is 17.9 Å². The Morgan fingerprint density at radius 3 is 2.35 bits per heavy atom. The third-order valence-electron chi connectivity index (χ3n) is 2.54. The average molecular weight is 256 g/mol. The molecular formula is C11H23F3N2O. The molecule has 0 unspecified atom stereocenters. The second-order valence-electron chi connectivity index (χ2n) is 4.33. The van der Waals surface area contributed by atoms with Gasteiger partial charge in [-0.1, -0.05) is 0 Å². The van der Waals surface area contributed by atoms with Crippen LogP contribution in [0, 0.1) is 0 Å². The second kappa shape index (κ2) is 8.72. The number of ether oxygens (including phenoxy) is 1. The summed E-state index contributed by atoms with van der Waals surface area (Å²) < 4.78 is 38.4. The van der Waals surface area contributed by atoms with Gasteiger partial charge in [0.2, 0.25) is 0 Å². The molecule has 17 heavy (non-hydrogen) atoms. The van der Waals surface area contributed by atoms with Crippen LogP contribution in [0.3, 0.4) is 0 Å². The minimum atomic E-state index is -4.51. The lowest BCUT2D eigenvalue weighted by Crippen LogP contribution is -2.28. The molecule has 104 valence electrons. The van der Waals surface area contributed by atoms with Crippen LogP contribution >= 0.6 is 0 Å². The van der Waals surface area contributed by atoms with E-state index in [1.807, 2.05) is 0 Å². The van der Waals surface area contributed by atoms with E-state index < -0.39 is 6.36 Å². The highest BCUT2D eigenvalue weighted by atomic mass is 19.4. The van der Waals surface area contributed by atoms with Gasteiger partial charge in [0.05, 0.1) is 6.61 Å². The standard InChI is InChI=1S/C11H23F3N2O/c1-10(2)16(3)8-5-4-6-15-7-9-17-11(12,13)14/h10,15H,4-9H2,1-3H3. The lowest BCUT2D eigenvalue weighted by atomic mass is 10.2. The van der Waals surface area contributed by atoms with Gasteiger partial charge in [-0.2, -0.15) is 0 Å². The van der Waals surface area contributed by atoms with Crippen molar-refractivity contribution in [2.45, 2.75) is 39.1 Å². The van der Waals surface area contributed by atoms with E-state index in [2.05, 4.69) is 35.8 Å². The van der Waals surface area contributed by atoms with Gasteiger partial charge in [0.15, 0.2) is 0 Å². The van der Waals surface area contributed by atoms with E-state index >= 15 is 0 Å². The molecule has 0 atom stereocenters. The first kappa shape index (κ1) is 16.7. The predicted molar refractivity (Wildman–Crippen MR) is 61.9 cm³/mol. The molecule has 0 heterocycles. The first-order chi connectivity index (χ1) is 7.83. The van der Waals surface area contributed by atoms with Crippen LogP contribution in [0.1, 0.15) is 26.7 Å². The Bertz CT molecular complexity index is 186. The maximum atomic E-state index is 11.6. The Hall–Kier alpha value is -0.330. The molecule has 6 heteroatoms. The van der Waals surface area contributed by atoms with E-state index in [0.717, 1.165) is 25.9 Å². The number of unbranched alkanes of at least 4 members (excludes halogenated alkanes) is 1. The van der Waals surface area contributed by atoms with E-state index in [1.54, 1.807) is 0 Å². The van der Waals surface area contributed by atoms with Gasteiger partial charge in [0.1, 0.15) is 0 Å². The van der Waals surface area contributed by atoms with Crippen LogP contribution in [0.5, 0.6) is 0 Å². The van der Waals surface area contributed by atoms with Gasteiger partial charge in [-0.25, -0.2) is 0 Å². The number of rotatable bonds is 9. The van der Waals surface area contributed by atoms with Crippen molar-refractivity contribution in [1.29, 1.82) is 0 Å². The number of nitrogens with one attached hydrogen (secondary N) is 1. The zero-order chi connectivity index (χ0) is 13.3. The van der Waals surface area contributed by atoms with E-state index in [4.69, 9.17) is 0 Å². The van der Waals surface area contributed by atoms with E-state index in [1.165, 1.54) is 0 Å². The highest BCUT2D eigenvalue weighted by Gasteiger charge is 2.28. The molecule has 0 amide bonds. The van der Waals surface area contributed by atoms with Crippen LogP contribution in [0.25, 0.3) is 0 Å². The first-order valence-electron chi connectivity index (χ1n) is 5.94. The number of nitrogens with zero attached hydrogens (tertiary/aromatic N) is 1. The van der Waals surface area contributed by atoms with Crippen LogP contribution in [-0.4, -0.2) is 50.6 Å². The minimum Gasteiger partial charge on any atom is -0.314 e. The van der Waals surface area contributed by atoms with E-state index in [0.29, 0.717) is 6.04 Å². The molecule has 3 nitrogen and oxygen atoms in total. The van der Waals surface area contributed by atoms with Crippen LogP contribution in [0.15, 0.2) is 0 Å². The predicted octanol–water partition coefficient (Wildman–Crippen LogP) is 2.23. The van der Waals surface area contributed by atoms with Crippen molar-refractivity contribution in [1.82, 2.24) is 10.2 Å². The second-order valence-corrected chi connectivity index (χ2v) is 4.33. The van der Waals surface area contributed by atoms with Gasteiger partial charge >= 0.3 is 6.36 Å². The summed E-state index contributed by atoms with van der Waals surface area (Å²) in [5, 5.41) is 2.92. The lowest BCUT2D eigenvalue weighted by Gasteiger charge is -2.20. The summed E-state index contributed by atoms with van der Waals surface area (Å²) >= 11 is 0. The van der Waals surface area contributed by atoms with Gasteiger partial charge in [-0.3, -0.25) is 4.74 Å². The molecule has 0 spiro atoms. The van der Waals surface area contributed by atoms with Gasteiger partial charge in [0.25, 0.3) is 0 Å². The van der Waals surface area contributed by atoms with Gasteiger partial charge in [0, 0.05) is 12.6 Å². The largest absolute Gasteiger partial charge is 0.522 e. The van der Waals surface area contributed by atoms with Crippen LogP contribution in [0.2, 0.25) is 0 Å². The van der Waals surface area contributed by atoms with Gasteiger partial charge in [-0.15, -0.1) is 13.2 Å². The summed E-state index contributed by atoms with van der Waals surface area (Å²) in [5.74, 6) is 0. The molecule has 0 aromatic heterocycles. The quantitative estimate of drug-likeness (QED) is 0.640. The Morgan fingerprint density at radius 2 is 1.82 bits per heavy atom. The normalized spacial score (nSPS) is 12.7. The van der Waals surface area contributed by atoms with Gasteiger partial charge < -0.3 is 10.2 Å². The number of hydrogen-bond acceptors (Lipinski definition) is 3. The maximum Gasteiger partial charge on any atom is 0.522 e. The molecule has 0 rings (SSSR count). The molecule has 0 aromatic rings. The summed E-state index contributed by atoms with van der Waals surface area (Å²) in [6.45, 7) is 5.92. The van der Waals surface area contributed by atoms with Crippen molar-refractivity contribution in [3.8, 4) is 0 Å². The molecule has 0 saturated heterocycles. The fourth-order valence-corrected chi connectivity index (χ4v) is 1.23. The number of hydrogen-bond donors (Lipinski definition) is 1. The van der Waals surface area contributed by atoms with Crippen molar-refractivity contribution in [2.24, 2.45) is 0 Å². The summed E-state index contributed by atoms with van der Waals surface area (Å²) in [6.07, 6.45) is -2.51. The van der Waals surface area contributed by atoms with Crippen LogP contribution in [0.4, 0.5) is 13.2 Å². The first-order valence-corrected chi connectivity index (χ1v) is 5.94. The molecule has 0 aliphatic rings. The molecule has 0 aliphatic heterocycles. The Labute approximate surface area is 101 Å². The van der Waals surface area contributed by atoms with Crippen molar-refractivity contribution in [3.05, 3.63) is 0 Å². The van der Waals surface area contributed by atoms with E-state index in [9.17, 15) is 13.2 Å². The third-order valence-corrected chi connectivity index (χ3v) is 2.54. The van der Waals surface area contributed by atoms with Gasteiger partial charge in [-0.05, 0) is 46.8 Å². The monoisotopic (exact) mass is 256 g/mol. The molecule has 0 aromatic carbocycles. The highest BCUT2D eigenvalue weighted by Crippen LogP contribution is 2.15. The molecule has 0 bridgehead atoms. The van der Waals surface area contributed by atoms with E-state index in [-0.39, 0.29) is 13.2 Å². The molecule has 0 fully saturated rings. The Morgan fingerprint density at radius 1 is 1.18 bits per heavy atom. The van der Waals surface area contributed by atoms with Crippen molar-refractivity contribution in [2.75, 3.05) is 33.3 Å². The zero-order valence-corrected chi connectivity index (χ0v) is 10.8. The average Bonchev–Trinajstić information content (AvgIpc) is 2.19. The maximum absolute atomic E-state index is 11.6. The smallest absolute Gasteiger partial charge is 0.314 e. The highest BCUT2D eigenvalue weighted by molar-refractivity contribution is 4.57. The molecule has 0 aliphatic carbocycles. The molecule has 1 N–H and O–H groups in total. The Kier molecular flexibility index (Phi) is 8.55. The lowest BCUT2D eigenvalue weighted by molar-refractivity contribution is -0.323. The number of halogens is 3. The third kappa shape index (κ3) is 11.9. The topological polar surface area (TPSA) is 24.5 Å². The minimum absolute atomic E-state index is 0.236. The summed E-state index contributed by atoms with van der Waals surface area (Å²) in [7, 11) is 2.06. The van der Waals surface area contributed by atoms with Crippen LogP contribution in [-0.2, 0) is 4.74 Å². The zero-order valence-electron chi connectivity index (χ0n) is 10.8.